The molecule has 0 saturated heterocycles. The first-order valence-corrected chi connectivity index (χ1v) is 11.1. The lowest BCUT2D eigenvalue weighted by Crippen LogP contribution is -2.01. The van der Waals surface area contributed by atoms with Crippen molar-refractivity contribution >= 4 is 39.0 Å². The lowest BCUT2D eigenvalue weighted by Gasteiger charge is -2.08. The van der Waals surface area contributed by atoms with Gasteiger partial charge in [-0.25, -0.2) is 0 Å². The molecule has 25 heavy (non-hydrogen) atoms. The average Bonchev–Trinajstić information content (AvgIpc) is 3.20. The van der Waals surface area contributed by atoms with Crippen LogP contribution in [0.15, 0.2) is 45.3 Å². The monoisotopic (exact) mass is 435 g/mol. The third-order valence-corrected chi connectivity index (χ3v) is 6.63. The Morgan fingerprint density at radius 1 is 1.24 bits per heavy atom. The molecule has 2 heterocycles. The van der Waals surface area contributed by atoms with Crippen LogP contribution in [0.4, 0.5) is 0 Å². The van der Waals surface area contributed by atoms with Crippen LogP contribution >= 0.6 is 39.0 Å². The Bertz CT molecular complexity index is 839. The summed E-state index contributed by atoms with van der Waals surface area (Å²) in [6, 6.07) is 10.7. The van der Waals surface area contributed by atoms with Gasteiger partial charge in [-0.1, -0.05) is 60.6 Å². The van der Waals surface area contributed by atoms with Crippen LogP contribution in [0.1, 0.15) is 43.6 Å². The van der Waals surface area contributed by atoms with E-state index in [0.29, 0.717) is 5.92 Å². The topological polar surface area (TPSA) is 30.7 Å². The maximum Gasteiger partial charge on any atom is 0.191 e. The molecule has 1 aromatic carbocycles. The summed E-state index contributed by atoms with van der Waals surface area (Å²) in [5.74, 6) is 2.43. The number of hydrogen-bond donors (Lipinski definition) is 0. The van der Waals surface area contributed by atoms with Crippen LogP contribution in [0, 0.1) is 0 Å². The van der Waals surface area contributed by atoms with E-state index in [9.17, 15) is 0 Å². The second-order valence-corrected chi connectivity index (χ2v) is 9.07. The van der Waals surface area contributed by atoms with Gasteiger partial charge in [-0.2, -0.15) is 0 Å². The van der Waals surface area contributed by atoms with Gasteiger partial charge in [-0.15, -0.1) is 21.5 Å². The molecule has 0 spiro atoms. The predicted octanol–water partition coefficient (Wildman–Crippen LogP) is 6.59. The molecule has 3 aromatic rings. The van der Waals surface area contributed by atoms with Crippen molar-refractivity contribution in [3.05, 3.63) is 50.6 Å². The van der Waals surface area contributed by atoms with Crippen molar-refractivity contribution in [3.8, 4) is 11.4 Å². The normalized spacial score (nSPS) is 11.4. The summed E-state index contributed by atoms with van der Waals surface area (Å²) >= 11 is 7.09. The Kier molecular flexibility index (Phi) is 6.36. The zero-order chi connectivity index (χ0) is 17.8. The van der Waals surface area contributed by atoms with Crippen LogP contribution in [0.3, 0.4) is 0 Å². The van der Waals surface area contributed by atoms with E-state index in [0.717, 1.165) is 34.2 Å². The molecule has 0 unspecified atom stereocenters. The molecule has 0 amide bonds. The molecule has 0 saturated carbocycles. The third-order valence-electron chi connectivity index (χ3n) is 3.87. The van der Waals surface area contributed by atoms with Crippen LogP contribution in [0.5, 0.6) is 0 Å². The Morgan fingerprint density at radius 2 is 2.08 bits per heavy atom. The summed E-state index contributed by atoms with van der Waals surface area (Å²) in [6.07, 6.45) is 1.07. The van der Waals surface area contributed by atoms with Crippen LogP contribution in [0.25, 0.3) is 11.4 Å². The molecule has 3 nitrogen and oxygen atoms in total. The van der Waals surface area contributed by atoms with E-state index in [1.807, 2.05) is 11.3 Å². The molecule has 132 valence electrons. The van der Waals surface area contributed by atoms with E-state index in [4.69, 9.17) is 0 Å². The molecule has 0 aliphatic carbocycles. The van der Waals surface area contributed by atoms with Crippen molar-refractivity contribution in [2.24, 2.45) is 0 Å². The molecule has 0 aliphatic heterocycles. The first kappa shape index (κ1) is 18.7. The van der Waals surface area contributed by atoms with Gasteiger partial charge in [0.05, 0.1) is 0 Å². The zero-order valence-corrected chi connectivity index (χ0v) is 17.9. The van der Waals surface area contributed by atoms with Gasteiger partial charge < -0.3 is 4.57 Å². The van der Waals surface area contributed by atoms with Crippen molar-refractivity contribution in [2.75, 3.05) is 0 Å². The lowest BCUT2D eigenvalue weighted by atomic mass is 10.1. The highest BCUT2D eigenvalue weighted by atomic mass is 79.9. The van der Waals surface area contributed by atoms with Crippen LogP contribution in [-0.2, 0) is 12.3 Å². The van der Waals surface area contributed by atoms with Gasteiger partial charge >= 0.3 is 0 Å². The molecule has 0 bridgehead atoms. The molecule has 0 atom stereocenters. The maximum absolute atomic E-state index is 4.50. The summed E-state index contributed by atoms with van der Waals surface area (Å²) in [4.78, 5) is 1.39. The summed E-state index contributed by atoms with van der Waals surface area (Å²) in [5, 5.41) is 12.2. The van der Waals surface area contributed by atoms with Gasteiger partial charge in [0.25, 0.3) is 0 Å². The van der Waals surface area contributed by atoms with Crippen molar-refractivity contribution in [1.29, 1.82) is 0 Å². The summed E-state index contributed by atoms with van der Waals surface area (Å²) in [6.45, 7) is 7.59. The Morgan fingerprint density at radius 3 is 2.76 bits per heavy atom. The fourth-order valence-corrected chi connectivity index (χ4v) is 4.84. The molecule has 0 radical (unpaired) electrons. The number of rotatable bonds is 7. The minimum absolute atomic E-state index is 0.548. The molecule has 0 aliphatic rings. The van der Waals surface area contributed by atoms with E-state index in [1.54, 1.807) is 11.8 Å². The van der Waals surface area contributed by atoms with Crippen molar-refractivity contribution in [3.63, 3.8) is 0 Å². The summed E-state index contributed by atoms with van der Waals surface area (Å²) in [7, 11) is 0. The number of aromatic nitrogens is 3. The molecule has 0 fully saturated rings. The first-order valence-electron chi connectivity index (χ1n) is 8.47. The quantitative estimate of drug-likeness (QED) is 0.391. The smallest absolute Gasteiger partial charge is 0.191 e. The number of thiophene rings is 1. The summed E-state index contributed by atoms with van der Waals surface area (Å²) < 4.78 is 3.37. The number of benzene rings is 1. The van der Waals surface area contributed by atoms with Gasteiger partial charge in [0.2, 0.25) is 0 Å². The maximum atomic E-state index is 4.50. The molecule has 0 N–H and O–H groups in total. The van der Waals surface area contributed by atoms with Gasteiger partial charge in [0.15, 0.2) is 11.0 Å². The van der Waals surface area contributed by atoms with Crippen LogP contribution in [0.2, 0.25) is 0 Å². The highest BCUT2D eigenvalue weighted by molar-refractivity contribution is 9.10. The Labute approximate surface area is 166 Å². The van der Waals surface area contributed by atoms with Crippen molar-refractivity contribution in [2.45, 2.75) is 50.6 Å². The minimum atomic E-state index is 0.548. The fourth-order valence-electron chi connectivity index (χ4n) is 2.58. The number of hydrogen-bond acceptors (Lipinski definition) is 4. The molecular formula is C19H22BrN3S2. The lowest BCUT2D eigenvalue weighted by molar-refractivity contribution is 0.626. The second-order valence-electron chi connectivity index (χ2n) is 6.27. The molecule has 2 aromatic heterocycles. The summed E-state index contributed by atoms with van der Waals surface area (Å²) in [5.41, 5.74) is 2.47. The van der Waals surface area contributed by atoms with Crippen LogP contribution < -0.4 is 0 Å². The van der Waals surface area contributed by atoms with E-state index >= 15 is 0 Å². The number of nitrogens with zero attached hydrogens (tertiary/aromatic N) is 3. The van der Waals surface area contributed by atoms with Crippen LogP contribution in [-0.4, -0.2) is 14.8 Å². The predicted molar refractivity (Wildman–Crippen MR) is 111 cm³/mol. The van der Waals surface area contributed by atoms with E-state index in [2.05, 4.69) is 87.2 Å². The molecular weight excluding hydrogens is 414 g/mol. The largest absolute Gasteiger partial charge is 0.302 e. The van der Waals surface area contributed by atoms with Gasteiger partial charge in [0, 0.05) is 32.6 Å². The first-order chi connectivity index (χ1) is 12.1. The number of halogens is 1. The van der Waals surface area contributed by atoms with Crippen molar-refractivity contribution < 1.29 is 0 Å². The highest BCUT2D eigenvalue weighted by Gasteiger charge is 2.16. The fraction of sp³-hybridized carbons (Fsp3) is 0.368. The SMILES string of the molecule is CCCn1c(SCc2cccc(Br)c2)nnc1-c1csc(C(C)C)c1. The van der Waals surface area contributed by atoms with Gasteiger partial charge in [-0.05, 0) is 36.1 Å². The van der Waals surface area contributed by atoms with E-state index < -0.39 is 0 Å². The number of thioether (sulfide) groups is 1. The Hall–Kier alpha value is -1.11. The molecule has 3 rings (SSSR count). The van der Waals surface area contributed by atoms with E-state index in [-0.39, 0.29) is 0 Å². The zero-order valence-electron chi connectivity index (χ0n) is 14.7. The van der Waals surface area contributed by atoms with Crippen molar-refractivity contribution in [1.82, 2.24) is 14.8 Å². The van der Waals surface area contributed by atoms with Gasteiger partial charge in [-0.3, -0.25) is 0 Å². The Balaban J connectivity index is 1.83. The van der Waals surface area contributed by atoms with Gasteiger partial charge in [0.1, 0.15) is 0 Å². The standard InChI is InChI=1S/C19H22BrN3S2/c1-4-8-23-18(15-10-17(13(2)3)24-12-15)21-22-19(23)25-11-14-6-5-7-16(20)9-14/h5-7,9-10,12-13H,4,8,11H2,1-3H3. The molecule has 6 heteroatoms. The van der Waals surface area contributed by atoms with E-state index in [1.165, 1.54) is 16.0 Å². The third kappa shape index (κ3) is 4.54. The average molecular weight is 436 g/mol. The minimum Gasteiger partial charge on any atom is -0.302 e. The highest BCUT2D eigenvalue weighted by Crippen LogP contribution is 2.32. The second kappa shape index (κ2) is 8.52.